The molecular formula is C14H22N2O2. The van der Waals surface area contributed by atoms with Crippen LogP contribution in [0.1, 0.15) is 36.9 Å². The number of carbonyl (C=O) groups excluding carboxylic acids is 1. The molecule has 0 radical (unpaired) electrons. The fourth-order valence-electron chi connectivity index (χ4n) is 1.75. The molecule has 18 heavy (non-hydrogen) atoms. The van der Waals surface area contributed by atoms with Gasteiger partial charge in [-0.1, -0.05) is 36.8 Å². The van der Waals surface area contributed by atoms with Gasteiger partial charge < -0.3 is 16.2 Å². The van der Waals surface area contributed by atoms with Gasteiger partial charge in [-0.2, -0.15) is 0 Å². The van der Waals surface area contributed by atoms with Crippen molar-refractivity contribution in [2.45, 2.75) is 38.8 Å². The third-order valence-electron chi connectivity index (χ3n) is 3.04. The Morgan fingerprint density at radius 1 is 1.39 bits per heavy atom. The lowest BCUT2D eigenvalue weighted by Gasteiger charge is -2.19. The van der Waals surface area contributed by atoms with Gasteiger partial charge in [-0.15, -0.1) is 0 Å². The number of hydrogen-bond donors (Lipinski definition) is 3. The molecule has 0 aliphatic heterocycles. The van der Waals surface area contributed by atoms with E-state index in [1.807, 2.05) is 38.1 Å². The number of nitrogens with one attached hydrogen (secondary N) is 1. The summed E-state index contributed by atoms with van der Waals surface area (Å²) in [5.41, 5.74) is 7.85. The Labute approximate surface area is 108 Å². The third-order valence-corrected chi connectivity index (χ3v) is 3.04. The smallest absolute Gasteiger partial charge is 0.241 e. The van der Waals surface area contributed by atoms with Crippen molar-refractivity contribution in [2.24, 2.45) is 5.73 Å². The van der Waals surface area contributed by atoms with E-state index in [4.69, 9.17) is 10.8 Å². The first-order valence-electron chi connectivity index (χ1n) is 6.31. The summed E-state index contributed by atoms with van der Waals surface area (Å²) < 4.78 is 0. The number of aliphatic hydroxyl groups excluding tert-OH is 1. The summed E-state index contributed by atoms with van der Waals surface area (Å²) in [5, 5.41) is 11.7. The lowest BCUT2D eigenvalue weighted by Crippen LogP contribution is -2.41. The molecule has 100 valence electrons. The van der Waals surface area contributed by atoms with Gasteiger partial charge in [0.25, 0.3) is 0 Å². The van der Waals surface area contributed by atoms with Crippen LogP contribution in [0.25, 0.3) is 0 Å². The zero-order valence-corrected chi connectivity index (χ0v) is 11.0. The summed E-state index contributed by atoms with van der Waals surface area (Å²) in [7, 11) is 0. The molecule has 4 nitrogen and oxygen atoms in total. The van der Waals surface area contributed by atoms with Crippen LogP contribution in [0.2, 0.25) is 0 Å². The van der Waals surface area contributed by atoms with E-state index in [-0.39, 0.29) is 18.6 Å². The van der Waals surface area contributed by atoms with Crippen LogP contribution in [0.3, 0.4) is 0 Å². The van der Waals surface area contributed by atoms with Crippen LogP contribution >= 0.6 is 0 Å². The van der Waals surface area contributed by atoms with Crippen LogP contribution in [0.15, 0.2) is 24.3 Å². The summed E-state index contributed by atoms with van der Waals surface area (Å²) in [6, 6.07) is 6.94. The zero-order valence-electron chi connectivity index (χ0n) is 11.0. The van der Waals surface area contributed by atoms with E-state index in [9.17, 15) is 4.79 Å². The second kappa shape index (κ2) is 7.13. The Morgan fingerprint density at radius 3 is 2.50 bits per heavy atom. The molecule has 4 N–H and O–H groups in total. The van der Waals surface area contributed by atoms with Crippen LogP contribution in [0.5, 0.6) is 0 Å². The summed E-state index contributed by atoms with van der Waals surface area (Å²) >= 11 is 0. The topological polar surface area (TPSA) is 75.3 Å². The molecule has 1 rings (SSSR count). The number of nitrogens with two attached hydrogens (primary N) is 1. The maximum Gasteiger partial charge on any atom is 0.241 e. The van der Waals surface area contributed by atoms with Crippen LogP contribution in [0.4, 0.5) is 0 Å². The minimum atomic E-state index is -0.654. The van der Waals surface area contributed by atoms with Crippen molar-refractivity contribution in [3.05, 3.63) is 35.4 Å². The Morgan fingerprint density at radius 2 is 2.00 bits per heavy atom. The van der Waals surface area contributed by atoms with Crippen molar-refractivity contribution in [3.63, 3.8) is 0 Å². The van der Waals surface area contributed by atoms with Crippen molar-refractivity contribution < 1.29 is 9.90 Å². The quantitative estimate of drug-likeness (QED) is 0.711. The standard InChI is InChI=1S/C14H22N2O2/c1-3-12(8-9-17)16-14(18)13(15)11-6-4-10(2)5-7-11/h4-7,12-13,17H,3,8-9,15H2,1-2H3,(H,16,18). The van der Waals surface area contributed by atoms with E-state index in [2.05, 4.69) is 5.32 Å². The highest BCUT2D eigenvalue weighted by Gasteiger charge is 2.18. The summed E-state index contributed by atoms with van der Waals surface area (Å²) in [4.78, 5) is 12.0. The summed E-state index contributed by atoms with van der Waals surface area (Å²) in [5.74, 6) is -0.195. The van der Waals surface area contributed by atoms with Gasteiger partial charge in [-0.05, 0) is 25.3 Å². The summed E-state index contributed by atoms with van der Waals surface area (Å²) in [6.07, 6.45) is 1.34. The van der Waals surface area contributed by atoms with E-state index in [0.29, 0.717) is 6.42 Å². The molecule has 0 heterocycles. The first-order valence-corrected chi connectivity index (χ1v) is 6.31. The van der Waals surface area contributed by atoms with Crippen molar-refractivity contribution in [3.8, 4) is 0 Å². The van der Waals surface area contributed by atoms with Crippen LogP contribution in [0, 0.1) is 6.92 Å². The predicted molar refractivity (Wildman–Crippen MR) is 72.0 cm³/mol. The Balaban J connectivity index is 2.63. The molecule has 0 bridgehead atoms. The normalized spacial score (nSPS) is 14.0. The fraction of sp³-hybridized carbons (Fsp3) is 0.500. The lowest BCUT2D eigenvalue weighted by atomic mass is 10.0. The average Bonchev–Trinajstić information content (AvgIpc) is 2.38. The lowest BCUT2D eigenvalue weighted by molar-refractivity contribution is -0.123. The van der Waals surface area contributed by atoms with Gasteiger partial charge in [0.05, 0.1) is 0 Å². The molecular weight excluding hydrogens is 228 g/mol. The highest BCUT2D eigenvalue weighted by Crippen LogP contribution is 2.12. The van der Waals surface area contributed by atoms with E-state index < -0.39 is 6.04 Å². The molecule has 0 aliphatic carbocycles. The van der Waals surface area contributed by atoms with Gasteiger partial charge in [0.1, 0.15) is 6.04 Å². The number of benzene rings is 1. The van der Waals surface area contributed by atoms with Crippen LogP contribution in [-0.4, -0.2) is 23.7 Å². The highest BCUT2D eigenvalue weighted by atomic mass is 16.3. The second-order valence-electron chi connectivity index (χ2n) is 4.51. The Kier molecular flexibility index (Phi) is 5.82. The third kappa shape index (κ3) is 4.13. The number of rotatable bonds is 6. The molecule has 0 fully saturated rings. The molecule has 0 aromatic heterocycles. The molecule has 1 amide bonds. The first kappa shape index (κ1) is 14.7. The minimum absolute atomic E-state index is 0.0148. The largest absolute Gasteiger partial charge is 0.396 e. The molecule has 0 aliphatic rings. The Bertz CT molecular complexity index is 376. The number of hydrogen-bond acceptors (Lipinski definition) is 3. The number of aryl methyl sites for hydroxylation is 1. The fourth-order valence-corrected chi connectivity index (χ4v) is 1.75. The van der Waals surface area contributed by atoms with Gasteiger partial charge >= 0.3 is 0 Å². The second-order valence-corrected chi connectivity index (χ2v) is 4.51. The monoisotopic (exact) mass is 250 g/mol. The van der Waals surface area contributed by atoms with Gasteiger partial charge in [0.2, 0.25) is 5.91 Å². The highest BCUT2D eigenvalue weighted by molar-refractivity contribution is 5.83. The molecule has 4 heteroatoms. The molecule has 2 unspecified atom stereocenters. The molecule has 0 spiro atoms. The molecule has 1 aromatic rings. The maximum atomic E-state index is 12.0. The molecule has 0 saturated heterocycles. The van der Waals surface area contributed by atoms with E-state index in [0.717, 1.165) is 17.5 Å². The maximum absolute atomic E-state index is 12.0. The van der Waals surface area contributed by atoms with E-state index in [1.165, 1.54) is 0 Å². The minimum Gasteiger partial charge on any atom is -0.396 e. The number of aliphatic hydroxyl groups is 1. The van der Waals surface area contributed by atoms with Crippen molar-refractivity contribution >= 4 is 5.91 Å². The molecule has 2 atom stereocenters. The SMILES string of the molecule is CCC(CCO)NC(=O)C(N)c1ccc(C)cc1. The molecule has 0 saturated carbocycles. The van der Waals surface area contributed by atoms with Gasteiger partial charge in [-0.25, -0.2) is 0 Å². The Hall–Kier alpha value is -1.39. The van der Waals surface area contributed by atoms with Gasteiger partial charge in [-0.3, -0.25) is 4.79 Å². The number of carbonyl (C=O) groups is 1. The summed E-state index contributed by atoms with van der Waals surface area (Å²) in [6.45, 7) is 4.03. The van der Waals surface area contributed by atoms with Gasteiger partial charge in [0, 0.05) is 12.6 Å². The van der Waals surface area contributed by atoms with E-state index >= 15 is 0 Å². The van der Waals surface area contributed by atoms with Crippen LogP contribution in [-0.2, 0) is 4.79 Å². The zero-order chi connectivity index (χ0) is 13.5. The van der Waals surface area contributed by atoms with Crippen molar-refractivity contribution in [1.82, 2.24) is 5.32 Å². The van der Waals surface area contributed by atoms with Gasteiger partial charge in [0.15, 0.2) is 0 Å². The molecule has 1 aromatic carbocycles. The van der Waals surface area contributed by atoms with Crippen molar-refractivity contribution in [1.29, 1.82) is 0 Å². The van der Waals surface area contributed by atoms with Crippen molar-refractivity contribution in [2.75, 3.05) is 6.61 Å². The number of amides is 1. The van der Waals surface area contributed by atoms with Crippen LogP contribution < -0.4 is 11.1 Å². The first-order chi connectivity index (χ1) is 8.58. The average molecular weight is 250 g/mol. The van der Waals surface area contributed by atoms with E-state index in [1.54, 1.807) is 0 Å². The predicted octanol–water partition coefficient (Wildman–Crippen LogP) is 1.27.